The van der Waals surface area contributed by atoms with Crippen LogP contribution in [-0.4, -0.2) is 26.3 Å². The molecule has 70 valence electrons. The van der Waals surface area contributed by atoms with E-state index in [4.69, 9.17) is 9.47 Å². The van der Waals surface area contributed by atoms with Crippen molar-refractivity contribution in [2.75, 3.05) is 20.3 Å². The van der Waals surface area contributed by atoms with Gasteiger partial charge in [-0.3, -0.25) is 4.79 Å². The summed E-state index contributed by atoms with van der Waals surface area (Å²) >= 11 is 0. The number of hydrogen-bond acceptors (Lipinski definition) is 3. The quantitative estimate of drug-likeness (QED) is 0.587. The van der Waals surface area contributed by atoms with Gasteiger partial charge < -0.3 is 9.47 Å². The van der Waals surface area contributed by atoms with E-state index >= 15 is 0 Å². The van der Waals surface area contributed by atoms with Gasteiger partial charge in [-0.05, 0) is 19.3 Å². The smallest absolute Gasteiger partial charge is 0.314 e. The molecule has 0 aromatic rings. The van der Waals surface area contributed by atoms with E-state index in [1.807, 2.05) is 6.92 Å². The first-order valence-electron chi connectivity index (χ1n) is 4.41. The molecule has 0 amide bonds. The molecule has 0 unspecified atom stereocenters. The van der Waals surface area contributed by atoms with Crippen molar-refractivity contribution in [1.82, 2.24) is 0 Å². The topological polar surface area (TPSA) is 35.5 Å². The molecule has 3 heteroatoms. The maximum Gasteiger partial charge on any atom is 0.314 e. The van der Waals surface area contributed by atoms with Crippen molar-refractivity contribution >= 4 is 5.97 Å². The predicted molar refractivity (Wildman–Crippen MR) is 44.8 cm³/mol. The van der Waals surface area contributed by atoms with E-state index in [2.05, 4.69) is 0 Å². The molecule has 1 aliphatic rings. The first kappa shape index (κ1) is 9.52. The molecule has 0 atom stereocenters. The van der Waals surface area contributed by atoms with Crippen molar-refractivity contribution in [3.05, 3.63) is 0 Å². The maximum atomic E-state index is 11.4. The molecule has 1 rings (SSSR count). The van der Waals surface area contributed by atoms with Crippen LogP contribution in [-0.2, 0) is 14.3 Å². The Kier molecular flexibility index (Phi) is 3.09. The average Bonchev–Trinajstić information content (AvgIpc) is 2.82. The number of carbonyl (C=O) groups is 1. The Morgan fingerprint density at radius 2 is 2.17 bits per heavy atom. The van der Waals surface area contributed by atoms with E-state index in [1.54, 1.807) is 7.11 Å². The highest BCUT2D eigenvalue weighted by atomic mass is 16.5. The monoisotopic (exact) mass is 172 g/mol. The fourth-order valence-corrected chi connectivity index (χ4v) is 1.18. The fraction of sp³-hybridized carbons (Fsp3) is 0.889. The second-order valence-electron chi connectivity index (χ2n) is 3.35. The largest absolute Gasteiger partial charge is 0.465 e. The van der Waals surface area contributed by atoms with Crippen LogP contribution in [0, 0.1) is 5.41 Å². The molecule has 0 saturated heterocycles. The molecule has 0 bridgehead atoms. The SMILES string of the molecule is CCCOC(=O)C1(COC)CC1. The summed E-state index contributed by atoms with van der Waals surface area (Å²) in [6.45, 7) is 3.03. The van der Waals surface area contributed by atoms with Crippen LogP contribution in [0.25, 0.3) is 0 Å². The van der Waals surface area contributed by atoms with Crippen molar-refractivity contribution in [2.24, 2.45) is 5.41 Å². The number of rotatable bonds is 5. The van der Waals surface area contributed by atoms with Crippen molar-refractivity contribution in [3.8, 4) is 0 Å². The zero-order valence-electron chi connectivity index (χ0n) is 7.76. The molecule has 0 radical (unpaired) electrons. The highest BCUT2D eigenvalue weighted by molar-refractivity contribution is 5.80. The van der Waals surface area contributed by atoms with Crippen molar-refractivity contribution in [1.29, 1.82) is 0 Å². The molecule has 3 nitrogen and oxygen atoms in total. The van der Waals surface area contributed by atoms with Gasteiger partial charge in [0.1, 0.15) is 0 Å². The minimum Gasteiger partial charge on any atom is -0.465 e. The number of ether oxygens (including phenoxy) is 2. The highest BCUT2D eigenvalue weighted by Crippen LogP contribution is 2.46. The van der Waals surface area contributed by atoms with Crippen LogP contribution in [0.2, 0.25) is 0 Å². The fourth-order valence-electron chi connectivity index (χ4n) is 1.18. The van der Waals surface area contributed by atoms with Crippen LogP contribution in [0.5, 0.6) is 0 Å². The number of esters is 1. The first-order valence-corrected chi connectivity index (χ1v) is 4.41. The van der Waals surface area contributed by atoms with E-state index in [9.17, 15) is 4.79 Å². The van der Waals surface area contributed by atoms with Gasteiger partial charge in [-0.2, -0.15) is 0 Å². The summed E-state index contributed by atoms with van der Waals surface area (Å²) < 4.78 is 10.0. The van der Waals surface area contributed by atoms with E-state index < -0.39 is 0 Å². The van der Waals surface area contributed by atoms with Gasteiger partial charge in [0.25, 0.3) is 0 Å². The Bertz CT molecular complexity index is 161. The lowest BCUT2D eigenvalue weighted by atomic mass is 10.1. The van der Waals surface area contributed by atoms with Crippen LogP contribution >= 0.6 is 0 Å². The lowest BCUT2D eigenvalue weighted by Gasteiger charge is -2.12. The Morgan fingerprint density at radius 1 is 1.50 bits per heavy atom. The first-order chi connectivity index (χ1) is 5.75. The van der Waals surface area contributed by atoms with Crippen LogP contribution in [0.1, 0.15) is 26.2 Å². The van der Waals surface area contributed by atoms with Gasteiger partial charge in [0.2, 0.25) is 0 Å². The van der Waals surface area contributed by atoms with Gasteiger partial charge in [0.15, 0.2) is 0 Å². The normalized spacial score (nSPS) is 18.8. The Hall–Kier alpha value is -0.570. The van der Waals surface area contributed by atoms with Gasteiger partial charge in [0.05, 0.1) is 18.6 Å². The molecular weight excluding hydrogens is 156 g/mol. The highest BCUT2D eigenvalue weighted by Gasteiger charge is 2.51. The third-order valence-electron chi connectivity index (χ3n) is 2.14. The van der Waals surface area contributed by atoms with E-state index in [-0.39, 0.29) is 11.4 Å². The minimum absolute atomic E-state index is 0.0776. The standard InChI is InChI=1S/C9H16O3/c1-3-6-12-8(10)9(4-5-9)7-11-2/h3-7H2,1-2H3. The van der Waals surface area contributed by atoms with E-state index in [1.165, 1.54) is 0 Å². The molecular formula is C9H16O3. The van der Waals surface area contributed by atoms with Crippen LogP contribution in [0.15, 0.2) is 0 Å². The van der Waals surface area contributed by atoms with Crippen molar-refractivity contribution < 1.29 is 14.3 Å². The molecule has 1 aliphatic carbocycles. The third kappa shape index (κ3) is 1.97. The Labute approximate surface area is 73.0 Å². The molecule has 0 aromatic carbocycles. The van der Waals surface area contributed by atoms with Gasteiger partial charge in [-0.1, -0.05) is 6.92 Å². The molecule has 1 fully saturated rings. The van der Waals surface area contributed by atoms with Crippen molar-refractivity contribution in [2.45, 2.75) is 26.2 Å². The summed E-state index contributed by atoms with van der Waals surface area (Å²) in [5, 5.41) is 0. The van der Waals surface area contributed by atoms with Crippen LogP contribution in [0.4, 0.5) is 0 Å². The molecule has 0 aliphatic heterocycles. The minimum atomic E-state index is -0.274. The number of methoxy groups -OCH3 is 1. The van der Waals surface area contributed by atoms with Gasteiger partial charge >= 0.3 is 5.97 Å². The summed E-state index contributed by atoms with van der Waals surface area (Å²) in [6.07, 6.45) is 2.72. The van der Waals surface area contributed by atoms with Gasteiger partial charge in [0, 0.05) is 7.11 Å². The second-order valence-corrected chi connectivity index (χ2v) is 3.35. The molecule has 0 heterocycles. The summed E-state index contributed by atoms with van der Waals surface area (Å²) in [4.78, 5) is 11.4. The van der Waals surface area contributed by atoms with E-state index in [0.29, 0.717) is 13.2 Å². The number of carbonyl (C=O) groups excluding carboxylic acids is 1. The van der Waals surface area contributed by atoms with Gasteiger partial charge in [-0.25, -0.2) is 0 Å². The molecule has 0 aromatic heterocycles. The molecule has 0 N–H and O–H groups in total. The van der Waals surface area contributed by atoms with Gasteiger partial charge in [-0.15, -0.1) is 0 Å². The Balaban J connectivity index is 2.30. The third-order valence-corrected chi connectivity index (χ3v) is 2.14. The summed E-state index contributed by atoms with van der Waals surface area (Å²) in [5.74, 6) is -0.0776. The lowest BCUT2D eigenvalue weighted by Crippen LogP contribution is -2.23. The molecule has 12 heavy (non-hydrogen) atoms. The number of hydrogen-bond donors (Lipinski definition) is 0. The summed E-state index contributed by atoms with van der Waals surface area (Å²) in [5.41, 5.74) is -0.274. The van der Waals surface area contributed by atoms with Crippen LogP contribution < -0.4 is 0 Å². The molecule has 0 spiro atoms. The maximum absolute atomic E-state index is 11.4. The van der Waals surface area contributed by atoms with Crippen molar-refractivity contribution in [3.63, 3.8) is 0 Å². The zero-order valence-corrected chi connectivity index (χ0v) is 7.76. The lowest BCUT2D eigenvalue weighted by molar-refractivity contribution is -0.152. The summed E-state index contributed by atoms with van der Waals surface area (Å²) in [7, 11) is 1.62. The zero-order chi connectivity index (χ0) is 9.03. The average molecular weight is 172 g/mol. The second kappa shape index (κ2) is 3.90. The summed E-state index contributed by atoms with van der Waals surface area (Å²) in [6, 6.07) is 0. The van der Waals surface area contributed by atoms with Crippen LogP contribution in [0.3, 0.4) is 0 Å². The Morgan fingerprint density at radius 3 is 2.58 bits per heavy atom. The van der Waals surface area contributed by atoms with E-state index in [0.717, 1.165) is 19.3 Å². The molecule has 1 saturated carbocycles. The predicted octanol–water partition coefficient (Wildman–Crippen LogP) is 1.37.